The molecule has 10 heteroatoms. The first-order valence-electron chi connectivity index (χ1n) is 9.14. The van der Waals surface area contributed by atoms with Crippen molar-refractivity contribution in [1.29, 1.82) is 0 Å². The van der Waals surface area contributed by atoms with Crippen LogP contribution in [-0.4, -0.2) is 26.5 Å². The van der Waals surface area contributed by atoms with Crippen molar-refractivity contribution in [2.45, 2.75) is 31.5 Å². The van der Waals surface area contributed by atoms with Gasteiger partial charge in [0.2, 0.25) is 11.1 Å². The van der Waals surface area contributed by atoms with Crippen molar-refractivity contribution in [1.82, 2.24) is 14.9 Å². The quantitative estimate of drug-likeness (QED) is 0.368. The van der Waals surface area contributed by atoms with Crippen LogP contribution in [0.5, 0.6) is 5.75 Å². The molecule has 0 fully saturated rings. The smallest absolute Gasteiger partial charge is 0.234 e. The standard InChI is InChI=1S/C20H21Cl2N5O2S/c1-12(2)13-6-8-14(9-7-13)29-10-17-25-26-20(27(17)23)30-11-18(28)24-19-15(21)4-3-5-16(19)22/h3-9,12H,10-11,23H2,1-2H3,(H,24,28). The number of nitrogen functional groups attached to an aromatic ring is 1. The average molecular weight is 466 g/mol. The highest BCUT2D eigenvalue weighted by Crippen LogP contribution is 2.30. The molecule has 0 aliphatic rings. The van der Waals surface area contributed by atoms with Crippen molar-refractivity contribution in [3.8, 4) is 5.75 Å². The Hall–Kier alpha value is -2.42. The number of hydrogen-bond acceptors (Lipinski definition) is 6. The number of anilines is 1. The molecule has 0 aliphatic heterocycles. The Labute approximate surface area is 188 Å². The fourth-order valence-electron chi connectivity index (χ4n) is 2.52. The van der Waals surface area contributed by atoms with E-state index >= 15 is 0 Å². The highest BCUT2D eigenvalue weighted by Gasteiger charge is 2.15. The first kappa shape index (κ1) is 22.3. The van der Waals surface area contributed by atoms with Gasteiger partial charge in [0, 0.05) is 0 Å². The average Bonchev–Trinajstić information content (AvgIpc) is 3.07. The summed E-state index contributed by atoms with van der Waals surface area (Å²) in [5.41, 5.74) is 1.61. The third-order valence-corrected chi connectivity index (χ3v) is 5.78. The summed E-state index contributed by atoms with van der Waals surface area (Å²) in [6, 6.07) is 12.9. The molecule has 1 amide bonds. The molecule has 2 aromatic carbocycles. The second-order valence-electron chi connectivity index (χ2n) is 6.71. The van der Waals surface area contributed by atoms with Gasteiger partial charge in [-0.25, -0.2) is 4.68 Å². The molecule has 1 aromatic heterocycles. The third kappa shape index (κ3) is 5.59. The van der Waals surface area contributed by atoms with E-state index in [2.05, 4.69) is 29.4 Å². The predicted molar refractivity (Wildman–Crippen MR) is 121 cm³/mol. The van der Waals surface area contributed by atoms with Crippen molar-refractivity contribution >= 4 is 46.6 Å². The van der Waals surface area contributed by atoms with E-state index in [1.165, 1.54) is 10.2 Å². The van der Waals surface area contributed by atoms with E-state index in [1.54, 1.807) is 18.2 Å². The van der Waals surface area contributed by atoms with Gasteiger partial charge in [-0.1, -0.05) is 67.0 Å². The second-order valence-corrected chi connectivity index (χ2v) is 8.47. The Morgan fingerprint density at radius 1 is 1.17 bits per heavy atom. The minimum atomic E-state index is -0.291. The number of para-hydroxylation sites is 1. The van der Waals surface area contributed by atoms with Crippen molar-refractivity contribution in [3.63, 3.8) is 0 Å². The fourth-order valence-corrected chi connectivity index (χ4v) is 3.69. The summed E-state index contributed by atoms with van der Waals surface area (Å²) in [7, 11) is 0. The van der Waals surface area contributed by atoms with Crippen LogP contribution in [0, 0.1) is 0 Å². The van der Waals surface area contributed by atoms with E-state index in [-0.39, 0.29) is 18.3 Å². The van der Waals surface area contributed by atoms with Gasteiger partial charge in [0.25, 0.3) is 0 Å². The van der Waals surface area contributed by atoms with Gasteiger partial charge < -0.3 is 15.9 Å². The van der Waals surface area contributed by atoms with Crippen molar-refractivity contribution in [2.24, 2.45) is 0 Å². The molecule has 0 aliphatic carbocycles. The van der Waals surface area contributed by atoms with Gasteiger partial charge in [0.05, 0.1) is 21.5 Å². The lowest BCUT2D eigenvalue weighted by molar-refractivity contribution is -0.113. The Bertz CT molecular complexity index is 1000. The summed E-state index contributed by atoms with van der Waals surface area (Å²) < 4.78 is 7.04. The van der Waals surface area contributed by atoms with E-state index < -0.39 is 0 Å². The second kappa shape index (κ2) is 10.1. The summed E-state index contributed by atoms with van der Waals surface area (Å²) in [6.45, 7) is 4.43. The van der Waals surface area contributed by atoms with Gasteiger partial charge in [0.15, 0.2) is 5.82 Å². The van der Waals surface area contributed by atoms with Crippen molar-refractivity contribution < 1.29 is 9.53 Å². The van der Waals surface area contributed by atoms with Crippen LogP contribution in [0.3, 0.4) is 0 Å². The van der Waals surface area contributed by atoms with Crippen molar-refractivity contribution in [2.75, 3.05) is 16.9 Å². The van der Waals surface area contributed by atoms with Crippen LogP contribution in [0.4, 0.5) is 5.69 Å². The van der Waals surface area contributed by atoms with Gasteiger partial charge in [-0.05, 0) is 35.7 Å². The molecule has 3 aromatic rings. The molecule has 0 atom stereocenters. The maximum absolute atomic E-state index is 12.2. The number of nitrogens with one attached hydrogen (secondary N) is 1. The molecule has 0 bridgehead atoms. The predicted octanol–water partition coefficient (Wildman–Crippen LogP) is 4.73. The van der Waals surface area contributed by atoms with Gasteiger partial charge in [-0.15, -0.1) is 10.2 Å². The minimum Gasteiger partial charge on any atom is -0.486 e. The van der Waals surface area contributed by atoms with Crippen LogP contribution in [0.2, 0.25) is 10.0 Å². The van der Waals surface area contributed by atoms with Crippen molar-refractivity contribution in [3.05, 3.63) is 63.9 Å². The highest BCUT2D eigenvalue weighted by molar-refractivity contribution is 7.99. The Morgan fingerprint density at radius 2 is 1.83 bits per heavy atom. The summed E-state index contributed by atoms with van der Waals surface area (Å²) in [5, 5.41) is 11.9. The normalized spacial score (nSPS) is 11.0. The zero-order chi connectivity index (χ0) is 21.7. The van der Waals surface area contributed by atoms with Crippen LogP contribution in [0.15, 0.2) is 47.6 Å². The minimum absolute atomic E-state index is 0.0639. The zero-order valence-corrected chi connectivity index (χ0v) is 18.8. The lowest BCUT2D eigenvalue weighted by atomic mass is 10.0. The number of carbonyl (C=O) groups is 1. The number of aromatic nitrogens is 3. The molecular formula is C20H21Cl2N5O2S. The molecule has 158 valence electrons. The maximum Gasteiger partial charge on any atom is 0.234 e. The topological polar surface area (TPSA) is 95.1 Å². The first-order chi connectivity index (χ1) is 14.3. The Kier molecular flexibility index (Phi) is 7.47. The maximum atomic E-state index is 12.2. The monoisotopic (exact) mass is 465 g/mol. The number of hydrogen-bond donors (Lipinski definition) is 2. The van der Waals surface area contributed by atoms with E-state index in [0.29, 0.717) is 38.4 Å². The molecule has 0 saturated heterocycles. The summed E-state index contributed by atoms with van der Waals surface area (Å²) in [4.78, 5) is 12.2. The van der Waals surface area contributed by atoms with Crippen LogP contribution in [-0.2, 0) is 11.4 Å². The van der Waals surface area contributed by atoms with E-state index in [1.807, 2.05) is 24.3 Å². The summed E-state index contributed by atoms with van der Waals surface area (Å²) in [6.07, 6.45) is 0. The number of nitrogens with two attached hydrogens (primary N) is 1. The molecule has 0 unspecified atom stereocenters. The number of ether oxygens (including phenoxy) is 1. The molecule has 1 heterocycles. The SMILES string of the molecule is CC(C)c1ccc(OCc2nnc(SCC(=O)Nc3c(Cl)cccc3Cl)n2N)cc1. The van der Waals surface area contributed by atoms with Crippen LogP contribution in [0.25, 0.3) is 0 Å². The van der Waals surface area contributed by atoms with E-state index in [4.69, 9.17) is 33.8 Å². The van der Waals surface area contributed by atoms with Gasteiger partial charge in [-0.3, -0.25) is 4.79 Å². The van der Waals surface area contributed by atoms with E-state index in [0.717, 1.165) is 11.8 Å². The Balaban J connectivity index is 1.54. The summed E-state index contributed by atoms with van der Waals surface area (Å²) >= 11 is 13.3. The summed E-state index contributed by atoms with van der Waals surface area (Å²) in [5.74, 6) is 7.42. The lowest BCUT2D eigenvalue weighted by Gasteiger charge is -2.09. The molecule has 7 nitrogen and oxygen atoms in total. The molecule has 0 radical (unpaired) electrons. The zero-order valence-electron chi connectivity index (χ0n) is 16.4. The van der Waals surface area contributed by atoms with Gasteiger partial charge in [0.1, 0.15) is 12.4 Å². The third-order valence-electron chi connectivity index (χ3n) is 4.21. The highest BCUT2D eigenvalue weighted by atomic mass is 35.5. The van der Waals surface area contributed by atoms with Crippen LogP contribution < -0.4 is 15.9 Å². The molecule has 3 rings (SSSR count). The number of amides is 1. The van der Waals surface area contributed by atoms with E-state index in [9.17, 15) is 4.79 Å². The molecular weight excluding hydrogens is 445 g/mol. The molecule has 0 spiro atoms. The first-order valence-corrected chi connectivity index (χ1v) is 10.9. The van der Waals surface area contributed by atoms with Gasteiger partial charge >= 0.3 is 0 Å². The molecule has 3 N–H and O–H groups in total. The number of nitrogens with zero attached hydrogens (tertiary/aromatic N) is 3. The van der Waals surface area contributed by atoms with Gasteiger partial charge in [-0.2, -0.15) is 0 Å². The number of rotatable bonds is 8. The lowest BCUT2D eigenvalue weighted by Crippen LogP contribution is -2.18. The number of benzene rings is 2. The number of thioether (sulfide) groups is 1. The van der Waals surface area contributed by atoms with Crippen LogP contribution in [0.1, 0.15) is 31.2 Å². The largest absolute Gasteiger partial charge is 0.486 e. The number of carbonyl (C=O) groups excluding carboxylic acids is 1. The Morgan fingerprint density at radius 3 is 2.47 bits per heavy atom. The number of halogens is 2. The fraction of sp³-hybridized carbons (Fsp3) is 0.250. The van der Waals surface area contributed by atoms with Crippen LogP contribution >= 0.6 is 35.0 Å². The molecule has 30 heavy (non-hydrogen) atoms. The molecule has 0 saturated carbocycles.